The van der Waals surface area contributed by atoms with Crippen molar-refractivity contribution < 1.29 is 18.4 Å². The normalized spacial score (nSPS) is 12.3. The predicted molar refractivity (Wildman–Crippen MR) is 43.6 cm³/mol. The van der Waals surface area contributed by atoms with Gasteiger partial charge in [-0.05, 0) is 13.0 Å². The molecule has 0 saturated heterocycles. The van der Waals surface area contributed by atoms with Crippen LogP contribution >= 0.6 is 0 Å². The predicted octanol–water partition coefficient (Wildman–Crippen LogP) is 1.95. The molecule has 2 aliphatic rings. The summed E-state index contributed by atoms with van der Waals surface area (Å²) in [5, 5.41) is 9.24. The zero-order valence-corrected chi connectivity index (χ0v) is 7.58. The maximum absolute atomic E-state index is 12.3. The van der Waals surface area contributed by atoms with Crippen molar-refractivity contribution in [3.63, 3.8) is 0 Å². The first kappa shape index (κ1) is 9.75. The van der Waals surface area contributed by atoms with E-state index in [1.165, 1.54) is 6.92 Å². The number of aromatic nitrogens is 3. The second-order valence-electron chi connectivity index (χ2n) is 3.05. The summed E-state index contributed by atoms with van der Waals surface area (Å²) in [5.74, 6) is 0.327. The largest absolute Gasteiger partial charge is 0.427 e. The van der Waals surface area contributed by atoms with E-state index in [2.05, 4.69) is 9.97 Å². The summed E-state index contributed by atoms with van der Waals surface area (Å²) in [5.41, 5.74) is -0.942. The van der Waals surface area contributed by atoms with Gasteiger partial charge >= 0.3 is 6.18 Å². The van der Waals surface area contributed by atoms with Crippen molar-refractivity contribution in [2.75, 3.05) is 0 Å². The lowest BCUT2D eigenvalue weighted by molar-refractivity contribution is -0.138. The van der Waals surface area contributed by atoms with Crippen LogP contribution in [0.15, 0.2) is 12.3 Å². The molecule has 0 aromatic heterocycles. The number of imidazole rings is 1. The van der Waals surface area contributed by atoms with Gasteiger partial charge in [-0.2, -0.15) is 17.9 Å². The van der Waals surface area contributed by atoms with Crippen LogP contribution in [0.5, 0.6) is 0 Å². The zero-order valence-electron chi connectivity index (χ0n) is 7.58. The molecule has 0 aromatic rings. The first-order valence-electron chi connectivity index (χ1n) is 4.01. The second-order valence-corrected chi connectivity index (χ2v) is 3.05. The van der Waals surface area contributed by atoms with E-state index in [4.69, 9.17) is 0 Å². The number of hydrogen-bond acceptors (Lipinski definition) is 3. The van der Waals surface area contributed by atoms with Crippen molar-refractivity contribution in [1.82, 2.24) is 14.7 Å². The summed E-state index contributed by atoms with van der Waals surface area (Å²) >= 11 is 0. The lowest BCUT2D eigenvalue weighted by atomic mass is 10.2. The van der Waals surface area contributed by atoms with E-state index in [9.17, 15) is 18.4 Å². The molecule has 0 unspecified atom stereocenters. The van der Waals surface area contributed by atoms with E-state index in [0.717, 1.165) is 6.07 Å². The Bertz CT molecular complexity index is 477. The van der Waals surface area contributed by atoms with E-state index >= 15 is 0 Å². The van der Waals surface area contributed by atoms with Crippen LogP contribution in [0, 0.1) is 6.92 Å². The molecule has 0 fully saturated rings. The van der Waals surface area contributed by atoms with Gasteiger partial charge in [-0.25, -0.2) is 9.97 Å². The number of aryl methyl sites for hydroxylation is 1. The maximum atomic E-state index is 12.3. The number of rotatable bonds is 0. The van der Waals surface area contributed by atoms with Gasteiger partial charge in [-0.15, -0.1) is 0 Å². The minimum Gasteiger partial charge on any atom is -0.427 e. The van der Waals surface area contributed by atoms with Gasteiger partial charge in [0.2, 0.25) is 0 Å². The van der Waals surface area contributed by atoms with Crippen LogP contribution in [0.2, 0.25) is 0 Å². The van der Waals surface area contributed by atoms with E-state index in [-0.39, 0.29) is 11.5 Å². The quantitative estimate of drug-likeness (QED) is 0.686. The fourth-order valence-corrected chi connectivity index (χ4v) is 1.26. The summed E-state index contributed by atoms with van der Waals surface area (Å²) in [6, 6.07) is 0.849. The summed E-state index contributed by atoms with van der Waals surface area (Å²) in [7, 11) is 0. The van der Waals surface area contributed by atoms with Crippen LogP contribution in [0.3, 0.4) is 0 Å². The zero-order chi connectivity index (χ0) is 11.2. The number of hydrogen-bond donors (Lipinski definition) is 1. The highest BCUT2D eigenvalue weighted by molar-refractivity contribution is 5.53. The minimum atomic E-state index is -4.51. The molecule has 80 valence electrons. The fourth-order valence-electron chi connectivity index (χ4n) is 1.26. The highest BCUT2D eigenvalue weighted by atomic mass is 19.4. The monoisotopic (exact) mass is 217 g/mol. The molecule has 0 bridgehead atoms. The van der Waals surface area contributed by atoms with Gasteiger partial charge in [0.25, 0.3) is 0 Å². The van der Waals surface area contributed by atoms with E-state index < -0.39 is 11.7 Å². The van der Waals surface area contributed by atoms with Gasteiger partial charge in [0.05, 0.1) is 11.8 Å². The molecule has 0 aromatic carbocycles. The number of pyridine rings is 1. The summed E-state index contributed by atoms with van der Waals surface area (Å²) in [4.78, 5) is 7.53. The molecule has 2 heterocycles. The Morgan fingerprint density at radius 2 is 2.00 bits per heavy atom. The average molecular weight is 217 g/mol. The van der Waals surface area contributed by atoms with E-state index in [1.807, 2.05) is 0 Å². The third kappa shape index (κ3) is 1.60. The van der Waals surface area contributed by atoms with Crippen molar-refractivity contribution in [1.29, 1.82) is 0 Å². The Kier molecular flexibility index (Phi) is 1.85. The van der Waals surface area contributed by atoms with Crippen molar-refractivity contribution in [3.8, 4) is 11.5 Å². The summed E-state index contributed by atoms with van der Waals surface area (Å²) < 4.78 is 37.3. The van der Waals surface area contributed by atoms with Gasteiger partial charge in [0, 0.05) is 0 Å². The first-order chi connectivity index (χ1) is 6.88. The second kappa shape index (κ2) is 2.85. The maximum Gasteiger partial charge on any atom is 0.418 e. The van der Waals surface area contributed by atoms with Crippen molar-refractivity contribution in [2.45, 2.75) is 13.1 Å². The molecule has 2 aliphatic heterocycles. The Morgan fingerprint density at radius 3 is 2.60 bits per heavy atom. The molecule has 0 spiro atoms. The summed E-state index contributed by atoms with van der Waals surface area (Å²) in [6.07, 6.45) is -3.94. The van der Waals surface area contributed by atoms with Crippen molar-refractivity contribution in [3.05, 3.63) is 23.7 Å². The van der Waals surface area contributed by atoms with E-state index in [1.54, 1.807) is 0 Å². The molecule has 7 heteroatoms. The molecule has 0 aliphatic carbocycles. The van der Waals surface area contributed by atoms with Crippen molar-refractivity contribution in [2.24, 2.45) is 0 Å². The lowest BCUT2D eigenvalue weighted by Crippen LogP contribution is -2.10. The first-order valence-corrected chi connectivity index (χ1v) is 4.01. The lowest BCUT2D eigenvalue weighted by Gasteiger charge is -2.09. The number of fused-ring (bicyclic) bond motifs is 1. The van der Waals surface area contributed by atoms with Gasteiger partial charge in [-0.1, -0.05) is 0 Å². The Morgan fingerprint density at radius 1 is 1.33 bits per heavy atom. The Hall–Kier alpha value is -1.79. The average Bonchev–Trinajstić information content (AvgIpc) is 2.44. The van der Waals surface area contributed by atoms with Gasteiger partial charge in [0.15, 0.2) is 5.82 Å². The molecule has 1 N–H and O–H groups in total. The molecule has 0 amide bonds. The van der Waals surface area contributed by atoms with Crippen LogP contribution in [0.1, 0.15) is 11.4 Å². The molecule has 4 nitrogen and oxygen atoms in total. The standard InChI is InChI=1S/C8H6F3N3O/c1-4-12-6-2-5(8(9,10)11)3-14(15)7(6)13-4/h2-3,15H,1H3. The molecule has 2 rings (SSSR count). The third-order valence-electron chi connectivity index (χ3n) is 1.88. The molecule has 0 atom stereocenters. The van der Waals surface area contributed by atoms with Crippen LogP contribution in [0.4, 0.5) is 13.2 Å². The summed E-state index contributed by atoms with van der Waals surface area (Å²) in [6.45, 7) is 1.53. The Balaban J connectivity index is 2.68. The van der Waals surface area contributed by atoms with Crippen molar-refractivity contribution >= 4 is 0 Å². The Labute approximate surface area is 82.3 Å². The van der Waals surface area contributed by atoms with Crippen LogP contribution in [0.25, 0.3) is 11.5 Å². The van der Waals surface area contributed by atoms with Crippen LogP contribution in [-0.2, 0) is 6.18 Å². The topological polar surface area (TPSA) is 50.9 Å². The van der Waals surface area contributed by atoms with Crippen LogP contribution in [-0.4, -0.2) is 19.9 Å². The SMILES string of the molecule is Cc1nc2cc(C(F)(F)F)cn(O)c-2n1. The molecule has 0 radical (unpaired) electrons. The highest BCUT2D eigenvalue weighted by Crippen LogP contribution is 2.32. The smallest absolute Gasteiger partial charge is 0.418 e. The number of alkyl halides is 3. The van der Waals surface area contributed by atoms with Crippen LogP contribution < -0.4 is 0 Å². The van der Waals surface area contributed by atoms with Gasteiger partial charge in [-0.3, -0.25) is 0 Å². The van der Waals surface area contributed by atoms with E-state index in [0.29, 0.717) is 16.8 Å². The van der Waals surface area contributed by atoms with Gasteiger partial charge in [0.1, 0.15) is 11.5 Å². The minimum absolute atomic E-state index is 0.0144. The number of nitrogens with zero attached hydrogens (tertiary/aromatic N) is 3. The molecule has 0 saturated carbocycles. The fraction of sp³-hybridized carbons (Fsp3) is 0.250. The molecular weight excluding hydrogens is 211 g/mol. The molecular formula is C8H6F3N3O. The number of halogens is 3. The molecule has 15 heavy (non-hydrogen) atoms. The highest BCUT2D eigenvalue weighted by Gasteiger charge is 2.33. The third-order valence-corrected chi connectivity index (χ3v) is 1.88. The van der Waals surface area contributed by atoms with Gasteiger partial charge < -0.3 is 5.21 Å².